The third-order valence-electron chi connectivity index (χ3n) is 6.72. The van der Waals surface area contributed by atoms with Crippen molar-refractivity contribution in [3.63, 3.8) is 0 Å². The maximum Gasteiger partial charge on any atom is 0.326 e. The summed E-state index contributed by atoms with van der Waals surface area (Å²) in [5, 5.41) is 40.0. The maximum absolute atomic E-state index is 13.6. The van der Waals surface area contributed by atoms with Gasteiger partial charge in [0.05, 0.1) is 6.04 Å². The van der Waals surface area contributed by atoms with Crippen LogP contribution in [0.4, 0.5) is 0 Å². The number of carboxylic acid groups (broad SMARTS) is 1. The molecular weight excluding hydrogens is 516 g/mol. The van der Waals surface area contributed by atoms with Gasteiger partial charge in [-0.3, -0.25) is 14.4 Å². The minimum absolute atomic E-state index is 0.000591. The predicted molar refractivity (Wildman–Crippen MR) is 148 cm³/mol. The highest BCUT2D eigenvalue weighted by Gasteiger charge is 2.32. The summed E-state index contributed by atoms with van der Waals surface area (Å²) in [4.78, 5) is 51.6. The lowest BCUT2D eigenvalue weighted by atomic mass is 10.0. The number of aliphatic carboxylic acids is 1. The number of hydrogen-bond donors (Lipinski definition) is 7. The van der Waals surface area contributed by atoms with E-state index in [2.05, 4.69) is 21.3 Å². The second-order valence-electron chi connectivity index (χ2n) is 10.5. The number of amides is 3. The molecule has 2 aromatic rings. The van der Waals surface area contributed by atoms with Gasteiger partial charge in [0.25, 0.3) is 0 Å². The van der Waals surface area contributed by atoms with Crippen LogP contribution >= 0.6 is 0 Å². The first-order valence-electron chi connectivity index (χ1n) is 13.4. The van der Waals surface area contributed by atoms with Crippen LogP contribution in [0.2, 0.25) is 0 Å². The summed E-state index contributed by atoms with van der Waals surface area (Å²) >= 11 is 0. The van der Waals surface area contributed by atoms with E-state index in [4.69, 9.17) is 0 Å². The molecule has 216 valence electrons. The molecule has 0 radical (unpaired) electrons. The van der Waals surface area contributed by atoms with Crippen LogP contribution in [-0.2, 0) is 32.0 Å². The number of carbonyl (C=O) groups is 4. The van der Waals surface area contributed by atoms with Crippen molar-refractivity contribution >= 4 is 23.7 Å². The Morgan fingerprint density at radius 2 is 1.27 bits per heavy atom. The van der Waals surface area contributed by atoms with E-state index in [0.717, 1.165) is 6.42 Å². The highest BCUT2D eigenvalue weighted by molar-refractivity contribution is 5.94. The zero-order valence-corrected chi connectivity index (χ0v) is 22.7. The molecule has 0 aromatic heterocycles. The minimum atomic E-state index is -1.18. The second-order valence-corrected chi connectivity index (χ2v) is 10.5. The molecule has 40 heavy (non-hydrogen) atoms. The quantitative estimate of drug-likeness (QED) is 0.193. The van der Waals surface area contributed by atoms with E-state index < -0.39 is 42.0 Å². The van der Waals surface area contributed by atoms with Crippen molar-refractivity contribution in [3.05, 3.63) is 59.7 Å². The van der Waals surface area contributed by atoms with Gasteiger partial charge in [-0.25, -0.2) is 4.79 Å². The Morgan fingerprint density at radius 1 is 0.800 bits per heavy atom. The molecule has 7 N–H and O–H groups in total. The summed E-state index contributed by atoms with van der Waals surface area (Å²) in [5.74, 6) is -2.72. The Hall–Kier alpha value is -4.12. The van der Waals surface area contributed by atoms with Gasteiger partial charge in [0.2, 0.25) is 17.7 Å². The van der Waals surface area contributed by atoms with Crippen molar-refractivity contribution in [1.82, 2.24) is 21.3 Å². The first-order valence-corrected chi connectivity index (χ1v) is 13.4. The van der Waals surface area contributed by atoms with Crippen molar-refractivity contribution in [1.29, 1.82) is 0 Å². The predicted octanol–water partition coefficient (Wildman–Crippen LogP) is 1.22. The van der Waals surface area contributed by atoms with E-state index >= 15 is 0 Å². The van der Waals surface area contributed by atoms with Gasteiger partial charge in [0, 0.05) is 12.8 Å². The van der Waals surface area contributed by atoms with Gasteiger partial charge in [-0.1, -0.05) is 38.1 Å². The molecule has 11 nitrogen and oxygen atoms in total. The number of phenols is 2. The number of hydrogen-bond acceptors (Lipinski definition) is 7. The standard InChI is InChI=1S/C29H38N4O7/c1-17(2)14-25(29(39)40)33-28(38)24(16-19-7-11-21(35)12-8-19)32-27(37)23(15-18-5-9-20(34)10-6-18)31-26(36)22-4-3-13-30-22/h5-12,17,22-25,30,34-35H,3-4,13-16H2,1-2H3,(H,31,36)(H,32,37)(H,33,38)(H,39,40). The van der Waals surface area contributed by atoms with Crippen molar-refractivity contribution in [2.45, 2.75) is 70.1 Å². The Balaban J connectivity index is 1.84. The summed E-state index contributed by atoms with van der Waals surface area (Å²) in [6, 6.07) is 8.57. The SMILES string of the molecule is CC(C)CC(NC(=O)C(Cc1ccc(O)cc1)NC(=O)C(Cc1ccc(O)cc1)NC(=O)C1CCCN1)C(=O)O. The average molecular weight is 555 g/mol. The molecule has 0 bridgehead atoms. The monoisotopic (exact) mass is 554 g/mol. The Kier molecular flexibility index (Phi) is 10.9. The molecule has 0 saturated carbocycles. The largest absolute Gasteiger partial charge is 0.508 e. The molecule has 3 rings (SSSR count). The summed E-state index contributed by atoms with van der Waals surface area (Å²) < 4.78 is 0. The van der Waals surface area contributed by atoms with Crippen LogP contribution in [0.15, 0.2) is 48.5 Å². The molecule has 11 heteroatoms. The summed E-state index contributed by atoms with van der Waals surface area (Å²) in [6.45, 7) is 4.38. The van der Waals surface area contributed by atoms with E-state index in [1.54, 1.807) is 24.3 Å². The number of aromatic hydroxyl groups is 2. The fourth-order valence-corrected chi connectivity index (χ4v) is 4.57. The van der Waals surface area contributed by atoms with Gasteiger partial charge in [0.15, 0.2) is 0 Å². The van der Waals surface area contributed by atoms with Crippen LogP contribution in [0.25, 0.3) is 0 Å². The normalized spacial score (nSPS) is 17.0. The van der Waals surface area contributed by atoms with Crippen LogP contribution in [0, 0.1) is 5.92 Å². The number of carbonyl (C=O) groups excluding carboxylic acids is 3. The molecule has 4 unspecified atom stereocenters. The highest BCUT2D eigenvalue weighted by atomic mass is 16.4. The molecule has 1 saturated heterocycles. The lowest BCUT2D eigenvalue weighted by Crippen LogP contribution is -2.58. The zero-order valence-electron chi connectivity index (χ0n) is 22.7. The van der Waals surface area contributed by atoms with Gasteiger partial charge in [-0.15, -0.1) is 0 Å². The van der Waals surface area contributed by atoms with Crippen LogP contribution in [-0.4, -0.2) is 69.7 Å². The van der Waals surface area contributed by atoms with Crippen molar-refractivity contribution in [3.8, 4) is 11.5 Å². The number of phenolic OH excluding ortho intramolecular Hbond substituents is 2. The van der Waals surface area contributed by atoms with Crippen molar-refractivity contribution in [2.24, 2.45) is 5.92 Å². The van der Waals surface area contributed by atoms with Crippen LogP contribution < -0.4 is 21.3 Å². The summed E-state index contributed by atoms with van der Waals surface area (Å²) in [7, 11) is 0. The molecule has 1 fully saturated rings. The number of rotatable bonds is 13. The second kappa shape index (κ2) is 14.3. The molecule has 0 aliphatic carbocycles. The number of nitrogens with one attached hydrogen (secondary N) is 4. The van der Waals surface area contributed by atoms with Crippen LogP contribution in [0.1, 0.15) is 44.2 Å². The third-order valence-corrected chi connectivity index (χ3v) is 6.72. The molecule has 1 heterocycles. The number of benzene rings is 2. The molecular formula is C29H38N4O7. The van der Waals surface area contributed by atoms with Crippen LogP contribution in [0.5, 0.6) is 11.5 Å². The van der Waals surface area contributed by atoms with Gasteiger partial charge in [-0.05, 0) is 67.1 Å². The average Bonchev–Trinajstić information content (AvgIpc) is 3.45. The van der Waals surface area contributed by atoms with Crippen molar-refractivity contribution in [2.75, 3.05) is 6.54 Å². The van der Waals surface area contributed by atoms with Crippen LogP contribution in [0.3, 0.4) is 0 Å². The Bertz CT molecular complexity index is 1160. The topological polar surface area (TPSA) is 177 Å². The fraction of sp³-hybridized carbons (Fsp3) is 0.448. The molecule has 1 aliphatic heterocycles. The third kappa shape index (κ3) is 9.26. The molecule has 3 amide bonds. The van der Waals surface area contributed by atoms with E-state index in [9.17, 15) is 34.5 Å². The van der Waals surface area contributed by atoms with E-state index in [-0.39, 0.29) is 42.6 Å². The molecule has 0 spiro atoms. The highest BCUT2D eigenvalue weighted by Crippen LogP contribution is 2.15. The Labute approximate surface area is 233 Å². The van der Waals surface area contributed by atoms with Gasteiger partial charge in [-0.2, -0.15) is 0 Å². The van der Waals surface area contributed by atoms with Crippen molar-refractivity contribution < 1.29 is 34.5 Å². The van der Waals surface area contributed by atoms with E-state index in [1.165, 1.54) is 24.3 Å². The number of carboxylic acids is 1. The summed E-state index contributed by atoms with van der Waals surface area (Å²) in [5.41, 5.74) is 1.31. The lowest BCUT2D eigenvalue weighted by Gasteiger charge is -2.26. The zero-order chi connectivity index (χ0) is 29.2. The van der Waals surface area contributed by atoms with Gasteiger partial charge < -0.3 is 36.6 Å². The van der Waals surface area contributed by atoms with Gasteiger partial charge in [0.1, 0.15) is 29.6 Å². The minimum Gasteiger partial charge on any atom is -0.508 e. The smallest absolute Gasteiger partial charge is 0.326 e. The lowest BCUT2D eigenvalue weighted by molar-refractivity contribution is -0.142. The summed E-state index contributed by atoms with van der Waals surface area (Å²) in [6.07, 6.45) is 1.80. The van der Waals surface area contributed by atoms with Gasteiger partial charge >= 0.3 is 5.97 Å². The first kappa shape index (κ1) is 30.4. The van der Waals surface area contributed by atoms with E-state index in [1.807, 2.05) is 13.8 Å². The fourth-order valence-electron chi connectivity index (χ4n) is 4.57. The Morgan fingerprint density at radius 3 is 1.70 bits per heavy atom. The van der Waals surface area contributed by atoms with E-state index in [0.29, 0.717) is 24.1 Å². The maximum atomic E-state index is 13.6. The first-order chi connectivity index (χ1) is 19.0. The molecule has 1 aliphatic rings. The molecule has 2 aromatic carbocycles. The molecule has 4 atom stereocenters.